The van der Waals surface area contributed by atoms with Crippen molar-refractivity contribution in [2.75, 3.05) is 33.9 Å². The van der Waals surface area contributed by atoms with Gasteiger partial charge in [0.15, 0.2) is 0 Å². The molecule has 0 saturated carbocycles. The summed E-state index contributed by atoms with van der Waals surface area (Å²) in [7, 11) is 2.91. The number of methoxy groups -OCH3 is 2. The monoisotopic (exact) mass is 510 g/mol. The Morgan fingerprint density at radius 1 is 0.946 bits per heavy atom. The van der Waals surface area contributed by atoms with Gasteiger partial charge in [0.05, 0.1) is 20.8 Å². The molecule has 1 fully saturated rings. The van der Waals surface area contributed by atoms with Crippen LogP contribution in [-0.4, -0.2) is 62.6 Å². The molecule has 1 saturated heterocycles. The molecule has 0 radical (unpaired) electrons. The Morgan fingerprint density at radius 3 is 2.16 bits per heavy atom. The number of rotatable bonds is 12. The number of esters is 1. The summed E-state index contributed by atoms with van der Waals surface area (Å²) < 4.78 is 15.5. The molecule has 2 aromatic rings. The first-order valence-electron chi connectivity index (χ1n) is 12.9. The van der Waals surface area contributed by atoms with Crippen LogP contribution in [0.2, 0.25) is 0 Å². The molecule has 1 heterocycles. The minimum Gasteiger partial charge on any atom is -0.497 e. The van der Waals surface area contributed by atoms with Gasteiger partial charge in [-0.2, -0.15) is 0 Å². The van der Waals surface area contributed by atoms with Gasteiger partial charge in [-0.3, -0.25) is 9.59 Å². The SMILES string of the molecule is CCOc1ccc(CCC(=O)N2CCC(CC(=O)N[C@@H](Cc3ccc(OC)cc3)C(=O)OC)CC2)cc1. The molecule has 37 heavy (non-hydrogen) atoms. The fourth-order valence-corrected chi connectivity index (χ4v) is 4.56. The molecule has 0 spiro atoms. The van der Waals surface area contributed by atoms with Gasteiger partial charge in [-0.1, -0.05) is 24.3 Å². The molecule has 2 aromatic carbocycles. The number of nitrogens with one attached hydrogen (secondary N) is 1. The summed E-state index contributed by atoms with van der Waals surface area (Å²) in [6, 6.07) is 14.5. The van der Waals surface area contributed by atoms with E-state index in [-0.39, 0.29) is 17.7 Å². The Hall–Kier alpha value is -3.55. The van der Waals surface area contributed by atoms with Gasteiger partial charge in [-0.15, -0.1) is 0 Å². The average molecular weight is 511 g/mol. The van der Waals surface area contributed by atoms with E-state index in [0.29, 0.717) is 45.4 Å². The molecule has 0 aliphatic carbocycles. The third-order valence-corrected chi connectivity index (χ3v) is 6.72. The number of carbonyl (C=O) groups excluding carboxylic acids is 3. The Balaban J connectivity index is 1.42. The summed E-state index contributed by atoms with van der Waals surface area (Å²) in [6.45, 7) is 3.87. The number of hydrogen-bond acceptors (Lipinski definition) is 6. The van der Waals surface area contributed by atoms with E-state index in [1.54, 1.807) is 7.11 Å². The average Bonchev–Trinajstić information content (AvgIpc) is 2.92. The molecule has 0 unspecified atom stereocenters. The van der Waals surface area contributed by atoms with Crippen LogP contribution in [0.25, 0.3) is 0 Å². The second-order valence-electron chi connectivity index (χ2n) is 9.30. The number of likely N-dealkylation sites (tertiary alicyclic amines) is 1. The fourth-order valence-electron chi connectivity index (χ4n) is 4.56. The van der Waals surface area contributed by atoms with Gasteiger partial charge in [0.1, 0.15) is 17.5 Å². The fraction of sp³-hybridized carbons (Fsp3) is 0.483. The van der Waals surface area contributed by atoms with E-state index < -0.39 is 12.0 Å². The highest BCUT2D eigenvalue weighted by Gasteiger charge is 2.27. The first kappa shape index (κ1) is 28.0. The van der Waals surface area contributed by atoms with E-state index in [2.05, 4.69) is 5.32 Å². The van der Waals surface area contributed by atoms with Crippen LogP contribution >= 0.6 is 0 Å². The lowest BCUT2D eigenvalue weighted by Crippen LogP contribution is -2.44. The highest BCUT2D eigenvalue weighted by molar-refractivity contribution is 5.84. The predicted molar refractivity (Wildman–Crippen MR) is 140 cm³/mol. The highest BCUT2D eigenvalue weighted by atomic mass is 16.5. The number of benzene rings is 2. The molecule has 0 bridgehead atoms. The standard InChI is InChI=1S/C29H38N2O6/c1-4-37-25-12-5-21(6-13-25)9-14-28(33)31-17-15-23(16-18-31)20-27(32)30-26(29(34)36-3)19-22-7-10-24(35-2)11-8-22/h5-8,10-13,23,26H,4,9,14-20H2,1-3H3,(H,30,32)/t26-/m0/s1. The zero-order valence-electron chi connectivity index (χ0n) is 22.0. The van der Waals surface area contributed by atoms with Crippen molar-refractivity contribution < 1.29 is 28.6 Å². The molecule has 8 nitrogen and oxygen atoms in total. The quantitative estimate of drug-likeness (QED) is 0.439. The Kier molecular flexibility index (Phi) is 10.8. The van der Waals surface area contributed by atoms with Crippen molar-refractivity contribution in [3.63, 3.8) is 0 Å². The number of hydrogen-bond donors (Lipinski definition) is 1. The summed E-state index contributed by atoms with van der Waals surface area (Å²) in [6.07, 6.45) is 3.35. The van der Waals surface area contributed by atoms with Gasteiger partial charge in [0.2, 0.25) is 11.8 Å². The van der Waals surface area contributed by atoms with E-state index in [1.807, 2.05) is 60.4 Å². The minimum absolute atomic E-state index is 0.141. The Labute approximate surface area is 219 Å². The molecule has 1 aliphatic rings. The lowest BCUT2D eigenvalue weighted by Gasteiger charge is -2.32. The Morgan fingerprint density at radius 2 is 1.57 bits per heavy atom. The molecule has 1 aliphatic heterocycles. The second kappa shape index (κ2) is 14.3. The number of piperidine rings is 1. The maximum atomic E-state index is 12.7. The van der Waals surface area contributed by atoms with Gasteiger partial charge >= 0.3 is 5.97 Å². The maximum absolute atomic E-state index is 12.7. The Bertz CT molecular complexity index is 1010. The normalized spacial score (nSPS) is 14.5. The van der Waals surface area contributed by atoms with Crippen molar-refractivity contribution in [3.8, 4) is 11.5 Å². The molecule has 200 valence electrons. The molecule has 1 N–H and O–H groups in total. The predicted octanol–water partition coefficient (Wildman–Crippen LogP) is 3.56. The van der Waals surface area contributed by atoms with Crippen LogP contribution in [0.1, 0.15) is 43.7 Å². The molecule has 1 atom stereocenters. The molecule has 2 amide bonds. The van der Waals surface area contributed by atoms with E-state index in [0.717, 1.165) is 35.5 Å². The summed E-state index contributed by atoms with van der Waals surface area (Å²) >= 11 is 0. The number of amides is 2. The van der Waals surface area contributed by atoms with Gasteiger partial charge in [-0.05, 0) is 67.5 Å². The largest absolute Gasteiger partial charge is 0.497 e. The zero-order chi connectivity index (χ0) is 26.6. The molecular weight excluding hydrogens is 472 g/mol. The first-order chi connectivity index (χ1) is 17.9. The van der Waals surface area contributed by atoms with Crippen molar-refractivity contribution in [3.05, 3.63) is 59.7 Å². The van der Waals surface area contributed by atoms with Crippen LogP contribution in [0.15, 0.2) is 48.5 Å². The van der Waals surface area contributed by atoms with Gasteiger partial charge in [0.25, 0.3) is 0 Å². The van der Waals surface area contributed by atoms with Gasteiger partial charge < -0.3 is 24.4 Å². The van der Waals surface area contributed by atoms with Crippen LogP contribution in [0, 0.1) is 5.92 Å². The van der Waals surface area contributed by atoms with Crippen LogP contribution in [0.4, 0.5) is 0 Å². The first-order valence-corrected chi connectivity index (χ1v) is 12.9. The van der Waals surface area contributed by atoms with Crippen LogP contribution in [-0.2, 0) is 32.0 Å². The third kappa shape index (κ3) is 8.81. The van der Waals surface area contributed by atoms with Crippen molar-refractivity contribution >= 4 is 17.8 Å². The topological polar surface area (TPSA) is 94.2 Å². The smallest absolute Gasteiger partial charge is 0.328 e. The minimum atomic E-state index is -0.754. The lowest BCUT2D eigenvalue weighted by atomic mass is 9.92. The summed E-state index contributed by atoms with van der Waals surface area (Å²) in [5.74, 6) is 1.23. The van der Waals surface area contributed by atoms with Crippen LogP contribution < -0.4 is 14.8 Å². The van der Waals surface area contributed by atoms with Crippen LogP contribution in [0.3, 0.4) is 0 Å². The highest BCUT2D eigenvalue weighted by Crippen LogP contribution is 2.22. The van der Waals surface area contributed by atoms with E-state index in [1.165, 1.54) is 7.11 Å². The van der Waals surface area contributed by atoms with E-state index >= 15 is 0 Å². The second-order valence-corrected chi connectivity index (χ2v) is 9.30. The zero-order valence-corrected chi connectivity index (χ0v) is 22.0. The van der Waals surface area contributed by atoms with Gasteiger partial charge in [-0.25, -0.2) is 4.79 Å². The van der Waals surface area contributed by atoms with E-state index in [9.17, 15) is 14.4 Å². The number of nitrogens with zero attached hydrogens (tertiary/aromatic N) is 1. The molecule has 8 heteroatoms. The lowest BCUT2D eigenvalue weighted by molar-refractivity contribution is -0.145. The summed E-state index contributed by atoms with van der Waals surface area (Å²) in [5, 5.41) is 2.84. The van der Waals surface area contributed by atoms with Crippen LogP contribution in [0.5, 0.6) is 11.5 Å². The number of ether oxygens (including phenoxy) is 3. The number of aryl methyl sites for hydroxylation is 1. The summed E-state index contributed by atoms with van der Waals surface area (Å²) in [5.41, 5.74) is 2.01. The van der Waals surface area contributed by atoms with E-state index in [4.69, 9.17) is 14.2 Å². The molecule has 3 rings (SSSR count). The summed E-state index contributed by atoms with van der Waals surface area (Å²) in [4.78, 5) is 39.6. The molecule has 0 aromatic heterocycles. The van der Waals surface area contributed by atoms with Crippen molar-refractivity contribution in [2.45, 2.75) is 51.5 Å². The van der Waals surface area contributed by atoms with Gasteiger partial charge in [0, 0.05) is 32.4 Å². The van der Waals surface area contributed by atoms with Crippen molar-refractivity contribution in [2.24, 2.45) is 5.92 Å². The maximum Gasteiger partial charge on any atom is 0.328 e. The molecular formula is C29H38N2O6. The van der Waals surface area contributed by atoms with Crippen molar-refractivity contribution in [1.82, 2.24) is 10.2 Å². The van der Waals surface area contributed by atoms with Crippen molar-refractivity contribution in [1.29, 1.82) is 0 Å². The third-order valence-electron chi connectivity index (χ3n) is 6.72. The number of carbonyl (C=O) groups is 3.